The molecule has 0 aromatic heterocycles. The summed E-state index contributed by atoms with van der Waals surface area (Å²) in [6.07, 6.45) is 8.26. The van der Waals surface area contributed by atoms with Crippen LogP contribution in [0.2, 0.25) is 0 Å². The molecule has 0 radical (unpaired) electrons. The summed E-state index contributed by atoms with van der Waals surface area (Å²) in [5.41, 5.74) is 6.27. The first-order chi connectivity index (χ1) is 18.1. The van der Waals surface area contributed by atoms with Gasteiger partial charge < -0.3 is 19.5 Å². The number of piperidine rings is 1. The summed E-state index contributed by atoms with van der Waals surface area (Å²) in [6.45, 7) is 12.0. The van der Waals surface area contributed by atoms with E-state index in [1.807, 2.05) is 12.1 Å². The summed E-state index contributed by atoms with van der Waals surface area (Å²) >= 11 is 0. The SMILES string of the molecule is COC(OC)C1CCN(c2ccc([C@H]3c4ccc(O)cc4CC[C@H]3C3CC(C)(C)CC(C)(C)C3)cc2)CC1. The topological polar surface area (TPSA) is 41.9 Å². The molecule has 2 atom stereocenters. The number of rotatable bonds is 6. The highest BCUT2D eigenvalue weighted by atomic mass is 16.7. The summed E-state index contributed by atoms with van der Waals surface area (Å²) in [5.74, 6) is 2.59. The molecule has 0 spiro atoms. The first-order valence-corrected chi connectivity index (χ1v) is 14.8. The van der Waals surface area contributed by atoms with Crippen LogP contribution in [0, 0.1) is 28.6 Å². The quantitative estimate of drug-likeness (QED) is 0.396. The smallest absolute Gasteiger partial charge is 0.159 e. The minimum absolute atomic E-state index is 0.1000. The van der Waals surface area contributed by atoms with Crippen molar-refractivity contribution in [2.45, 2.75) is 84.8 Å². The lowest BCUT2D eigenvalue weighted by Crippen LogP contribution is -2.40. The molecule has 0 amide bonds. The number of aryl methyl sites for hydroxylation is 1. The maximum absolute atomic E-state index is 10.2. The Kier molecular flexibility index (Phi) is 7.86. The number of anilines is 1. The Labute approximate surface area is 230 Å². The summed E-state index contributed by atoms with van der Waals surface area (Å²) in [4.78, 5) is 2.51. The van der Waals surface area contributed by atoms with Gasteiger partial charge in [-0.1, -0.05) is 45.9 Å². The highest BCUT2D eigenvalue weighted by Gasteiger charge is 2.45. The van der Waals surface area contributed by atoms with Gasteiger partial charge >= 0.3 is 0 Å². The first kappa shape index (κ1) is 27.5. The Bertz CT molecular complexity index is 1060. The van der Waals surface area contributed by atoms with Gasteiger partial charge in [0.25, 0.3) is 0 Å². The third kappa shape index (κ3) is 5.77. The third-order valence-corrected chi connectivity index (χ3v) is 9.84. The Hall–Kier alpha value is -2.04. The number of aromatic hydroxyl groups is 1. The maximum atomic E-state index is 10.2. The molecule has 1 N–H and O–H groups in total. The van der Waals surface area contributed by atoms with Gasteiger partial charge in [0.1, 0.15) is 5.75 Å². The van der Waals surface area contributed by atoms with Crippen molar-refractivity contribution in [3.63, 3.8) is 0 Å². The predicted octanol–water partition coefficient (Wildman–Crippen LogP) is 7.77. The molecule has 1 aliphatic heterocycles. The number of fused-ring (bicyclic) bond motifs is 1. The molecule has 5 rings (SSSR count). The van der Waals surface area contributed by atoms with Crippen molar-refractivity contribution in [1.29, 1.82) is 0 Å². The minimum Gasteiger partial charge on any atom is -0.508 e. The average molecular weight is 520 g/mol. The molecule has 4 nitrogen and oxygen atoms in total. The number of nitrogens with zero attached hydrogens (tertiary/aromatic N) is 1. The molecule has 2 aromatic carbocycles. The van der Waals surface area contributed by atoms with E-state index in [1.54, 1.807) is 14.2 Å². The van der Waals surface area contributed by atoms with E-state index < -0.39 is 0 Å². The summed E-state index contributed by atoms with van der Waals surface area (Å²) in [6, 6.07) is 15.6. The standard InChI is InChI=1S/C34H49NO3/c1-33(2)20-26(21-34(3,4)22-33)30-13-9-25-19-28(36)12-14-29(25)31(30)23-7-10-27(11-8-23)35-17-15-24(16-18-35)32(37-5)38-6/h7-8,10-12,14,19,24,26,30-32,36H,9,13,15-18,20-22H2,1-6H3/t30-,31-/m0/s1. The Morgan fingerprint density at radius 2 is 1.50 bits per heavy atom. The lowest BCUT2D eigenvalue weighted by Gasteiger charge is -2.50. The van der Waals surface area contributed by atoms with Gasteiger partial charge in [-0.3, -0.25) is 0 Å². The highest BCUT2D eigenvalue weighted by Crippen LogP contribution is 2.55. The summed E-state index contributed by atoms with van der Waals surface area (Å²) < 4.78 is 11.1. The molecule has 208 valence electrons. The van der Waals surface area contributed by atoms with Crippen molar-refractivity contribution >= 4 is 5.69 Å². The molecule has 0 bridgehead atoms. The molecular weight excluding hydrogens is 470 g/mol. The van der Waals surface area contributed by atoms with Crippen LogP contribution in [0.4, 0.5) is 5.69 Å². The number of benzene rings is 2. The highest BCUT2D eigenvalue weighted by molar-refractivity contribution is 5.51. The van der Waals surface area contributed by atoms with Gasteiger partial charge in [-0.2, -0.15) is 0 Å². The molecule has 2 aliphatic carbocycles. The van der Waals surface area contributed by atoms with Crippen LogP contribution in [0.5, 0.6) is 5.75 Å². The van der Waals surface area contributed by atoms with Crippen LogP contribution in [0.1, 0.15) is 88.8 Å². The molecule has 0 unspecified atom stereocenters. The van der Waals surface area contributed by atoms with E-state index in [1.165, 1.54) is 48.1 Å². The number of hydrogen-bond donors (Lipinski definition) is 1. The van der Waals surface area contributed by atoms with Gasteiger partial charge in [0.05, 0.1) is 0 Å². The van der Waals surface area contributed by atoms with Crippen LogP contribution in [0.25, 0.3) is 0 Å². The van der Waals surface area contributed by atoms with E-state index in [9.17, 15) is 5.11 Å². The zero-order chi connectivity index (χ0) is 27.1. The Morgan fingerprint density at radius 1 is 0.868 bits per heavy atom. The Morgan fingerprint density at radius 3 is 2.11 bits per heavy atom. The van der Waals surface area contributed by atoms with Crippen LogP contribution in [-0.4, -0.2) is 38.7 Å². The van der Waals surface area contributed by atoms with E-state index >= 15 is 0 Å². The molecule has 2 fully saturated rings. The fraction of sp³-hybridized carbons (Fsp3) is 0.647. The largest absolute Gasteiger partial charge is 0.508 e. The summed E-state index contributed by atoms with van der Waals surface area (Å²) in [7, 11) is 3.49. The Balaban J connectivity index is 1.40. The molecule has 2 aromatic rings. The maximum Gasteiger partial charge on any atom is 0.159 e. The molecule has 1 heterocycles. The molecule has 1 saturated heterocycles. The second-order valence-corrected chi connectivity index (χ2v) is 14.0. The van der Waals surface area contributed by atoms with Gasteiger partial charge in [-0.25, -0.2) is 0 Å². The van der Waals surface area contributed by atoms with Crippen LogP contribution < -0.4 is 4.90 Å². The first-order valence-electron chi connectivity index (χ1n) is 14.8. The molecule has 38 heavy (non-hydrogen) atoms. The zero-order valence-electron chi connectivity index (χ0n) is 24.5. The third-order valence-electron chi connectivity index (χ3n) is 9.84. The van der Waals surface area contributed by atoms with E-state index in [0.717, 1.165) is 32.4 Å². The van der Waals surface area contributed by atoms with Crippen molar-refractivity contribution in [1.82, 2.24) is 0 Å². The number of phenolic OH excluding ortho intramolecular Hbond substituents is 1. The van der Waals surface area contributed by atoms with Gasteiger partial charge in [0.2, 0.25) is 0 Å². The van der Waals surface area contributed by atoms with Crippen LogP contribution in [0.15, 0.2) is 42.5 Å². The number of ether oxygens (including phenoxy) is 2. The average Bonchev–Trinajstić information content (AvgIpc) is 2.87. The fourth-order valence-corrected chi connectivity index (χ4v) is 8.80. The van der Waals surface area contributed by atoms with Gasteiger partial charge in [-0.15, -0.1) is 0 Å². The lowest BCUT2D eigenvalue weighted by atomic mass is 9.55. The predicted molar refractivity (Wildman–Crippen MR) is 156 cm³/mol. The number of methoxy groups -OCH3 is 2. The lowest BCUT2D eigenvalue weighted by molar-refractivity contribution is -0.141. The van der Waals surface area contributed by atoms with Crippen molar-refractivity contribution in [2.24, 2.45) is 28.6 Å². The normalized spacial score (nSPS) is 25.9. The van der Waals surface area contributed by atoms with Crippen LogP contribution in [-0.2, 0) is 15.9 Å². The fourth-order valence-electron chi connectivity index (χ4n) is 8.80. The van der Waals surface area contributed by atoms with E-state index in [4.69, 9.17) is 9.47 Å². The van der Waals surface area contributed by atoms with Crippen LogP contribution >= 0.6 is 0 Å². The van der Waals surface area contributed by atoms with Gasteiger partial charge in [0.15, 0.2) is 6.29 Å². The van der Waals surface area contributed by atoms with Gasteiger partial charge in [-0.05, 0) is 109 Å². The molecule has 3 aliphatic rings. The molecule has 4 heteroatoms. The number of phenols is 1. The van der Waals surface area contributed by atoms with E-state index in [-0.39, 0.29) is 6.29 Å². The van der Waals surface area contributed by atoms with E-state index in [2.05, 4.69) is 62.9 Å². The van der Waals surface area contributed by atoms with Crippen molar-refractivity contribution in [3.05, 3.63) is 59.2 Å². The monoisotopic (exact) mass is 519 g/mol. The molecule has 1 saturated carbocycles. The van der Waals surface area contributed by atoms with Crippen molar-refractivity contribution in [2.75, 3.05) is 32.2 Å². The van der Waals surface area contributed by atoms with Crippen LogP contribution in [0.3, 0.4) is 0 Å². The van der Waals surface area contributed by atoms with Gasteiger partial charge in [0, 0.05) is 44.8 Å². The second kappa shape index (κ2) is 10.8. The molecular formula is C34H49NO3. The van der Waals surface area contributed by atoms with E-state index in [0.29, 0.717) is 40.3 Å². The zero-order valence-corrected chi connectivity index (χ0v) is 24.5. The van der Waals surface area contributed by atoms with Crippen molar-refractivity contribution in [3.8, 4) is 5.75 Å². The summed E-state index contributed by atoms with van der Waals surface area (Å²) in [5, 5.41) is 10.2. The number of hydrogen-bond acceptors (Lipinski definition) is 4. The minimum atomic E-state index is -0.1000. The second-order valence-electron chi connectivity index (χ2n) is 14.0. The van der Waals surface area contributed by atoms with Crippen molar-refractivity contribution < 1.29 is 14.6 Å².